The Morgan fingerprint density at radius 1 is 0.907 bits per heavy atom. The molecule has 10 heteroatoms. The van der Waals surface area contributed by atoms with E-state index in [0.29, 0.717) is 32.1 Å². The summed E-state index contributed by atoms with van der Waals surface area (Å²) >= 11 is 0. The third-order valence-corrected chi connectivity index (χ3v) is 11.5. The van der Waals surface area contributed by atoms with Crippen molar-refractivity contribution in [2.24, 2.45) is 41.4 Å². The maximum absolute atomic E-state index is 14.0. The summed E-state index contributed by atoms with van der Waals surface area (Å²) in [6, 6.07) is 0. The van der Waals surface area contributed by atoms with Crippen LogP contribution >= 0.6 is 0 Å². The average molecular weight is 615 g/mol. The molecule has 3 aliphatic heterocycles. The maximum Gasteiger partial charge on any atom is 0.308 e. The zero-order chi connectivity index (χ0) is 32.9. The van der Waals surface area contributed by atoms with E-state index in [9.17, 15) is 35.1 Å². The normalized spacial score (nSPS) is 45.3. The molecule has 5 N–H and O–H groups in total. The average Bonchev–Trinajstić information content (AvgIpc) is 3.39. The number of carbonyl (C=O) groups is 2. The number of Topliss-reactive ketones (excluding diaryl/α,β-unsaturated/α-hetero) is 1. The lowest BCUT2D eigenvalue weighted by Crippen LogP contribution is -2.57. The maximum atomic E-state index is 14.0. The number of aliphatic hydroxyl groups excluding tert-OH is 2. The number of carbonyl (C=O) groups excluding carboxylic acids is 1. The topological polar surface area (TPSA) is 163 Å². The highest BCUT2D eigenvalue weighted by Crippen LogP contribution is 2.56. The fourth-order valence-electron chi connectivity index (χ4n) is 8.56. The molecule has 0 bridgehead atoms. The van der Waals surface area contributed by atoms with Crippen LogP contribution in [0.15, 0.2) is 0 Å². The fraction of sp³-hybridized carbons (Fsp3) is 0.939. The molecule has 0 aliphatic carbocycles. The summed E-state index contributed by atoms with van der Waals surface area (Å²) in [4.78, 5) is 25.5. The van der Waals surface area contributed by atoms with E-state index in [-0.39, 0.29) is 23.5 Å². The summed E-state index contributed by atoms with van der Waals surface area (Å²) in [5.41, 5.74) is -1.99. The molecule has 3 rings (SSSR count). The summed E-state index contributed by atoms with van der Waals surface area (Å²) in [5, 5.41) is 54.3. The molecule has 43 heavy (non-hydrogen) atoms. The van der Waals surface area contributed by atoms with Gasteiger partial charge in [-0.05, 0) is 57.8 Å². The van der Waals surface area contributed by atoms with E-state index in [4.69, 9.17) is 14.2 Å². The Kier molecular flexibility index (Phi) is 10.9. The van der Waals surface area contributed by atoms with Crippen molar-refractivity contribution in [1.29, 1.82) is 0 Å². The molecule has 0 aromatic heterocycles. The van der Waals surface area contributed by atoms with Gasteiger partial charge in [-0.3, -0.25) is 9.59 Å². The number of carboxylic acids is 1. The van der Waals surface area contributed by atoms with E-state index in [1.54, 1.807) is 27.7 Å². The quantitative estimate of drug-likeness (QED) is 0.218. The van der Waals surface area contributed by atoms with Crippen molar-refractivity contribution >= 4 is 11.8 Å². The minimum atomic E-state index is -1.85. The number of rotatable bonds is 12. The first-order chi connectivity index (χ1) is 19.7. The van der Waals surface area contributed by atoms with Crippen molar-refractivity contribution in [1.82, 2.24) is 0 Å². The minimum absolute atomic E-state index is 0.0667. The predicted molar refractivity (Wildman–Crippen MR) is 160 cm³/mol. The van der Waals surface area contributed by atoms with E-state index in [1.165, 1.54) is 0 Å². The number of aliphatic carboxylic acids is 1. The van der Waals surface area contributed by atoms with Crippen LogP contribution < -0.4 is 0 Å². The van der Waals surface area contributed by atoms with E-state index in [1.807, 2.05) is 41.5 Å². The zero-order valence-electron chi connectivity index (χ0n) is 27.9. The van der Waals surface area contributed by atoms with Gasteiger partial charge in [-0.2, -0.15) is 0 Å². The highest BCUT2D eigenvalue weighted by atomic mass is 16.7. The Balaban J connectivity index is 1.78. The fourth-order valence-corrected chi connectivity index (χ4v) is 8.56. The Morgan fingerprint density at radius 2 is 1.51 bits per heavy atom. The molecule has 1 unspecified atom stereocenters. The summed E-state index contributed by atoms with van der Waals surface area (Å²) in [6.45, 7) is 18.4. The molecule has 0 radical (unpaired) electrons. The van der Waals surface area contributed by atoms with Gasteiger partial charge in [0.2, 0.25) is 0 Å². The van der Waals surface area contributed by atoms with Crippen molar-refractivity contribution in [2.75, 3.05) is 0 Å². The van der Waals surface area contributed by atoms with Crippen LogP contribution in [0.4, 0.5) is 0 Å². The standard InChI is InChI=1S/C33H58O10/c1-11-24(29-18(4)14-30(10,41-29)33(40)20(6)15-31(12-2,43-33)23(9)34)27(38)21(7)26(37)22(8)28-17(3)13-19(5)32(39,42-28)16-25(35)36/h17-24,26,28-29,34,37,39-40H,11-16H2,1-10H3,(H,35,36)/t17-,18-,19+,20+,21-,22-,23?,24-,26+,28-,29-,30-,31+,32-,33+/m0/s1. The summed E-state index contributed by atoms with van der Waals surface area (Å²) in [6.07, 6.45) is -1.12. The minimum Gasteiger partial charge on any atom is -0.481 e. The van der Waals surface area contributed by atoms with Crippen LogP contribution in [-0.4, -0.2) is 84.5 Å². The van der Waals surface area contributed by atoms with Gasteiger partial charge in [0.25, 0.3) is 0 Å². The molecular formula is C33H58O10. The molecule has 0 spiro atoms. The van der Waals surface area contributed by atoms with Crippen LogP contribution in [-0.2, 0) is 23.8 Å². The van der Waals surface area contributed by atoms with Crippen LogP contribution in [0, 0.1) is 41.4 Å². The Bertz CT molecular complexity index is 1000. The second-order valence-corrected chi connectivity index (χ2v) is 14.7. The van der Waals surface area contributed by atoms with E-state index in [0.717, 1.165) is 0 Å². The SMILES string of the molecule is CC[C@@H](C(=O)[C@@H](C)[C@@H](O)[C@H](C)[C@H]1O[C@@](O)(CC(=O)O)[C@H](C)C[C@@H]1C)[C@H]1O[C@](C)([C@]2(O)O[C@@](CC)(C(C)O)C[C@H]2C)C[C@@H]1C. The molecule has 3 aliphatic rings. The molecule has 0 amide bonds. The summed E-state index contributed by atoms with van der Waals surface area (Å²) in [7, 11) is 0. The predicted octanol–water partition coefficient (Wildman–Crippen LogP) is 3.90. The largest absolute Gasteiger partial charge is 0.481 e. The highest BCUT2D eigenvalue weighted by Gasteiger charge is 2.66. The highest BCUT2D eigenvalue weighted by molar-refractivity contribution is 5.84. The van der Waals surface area contributed by atoms with Gasteiger partial charge < -0.3 is 39.7 Å². The van der Waals surface area contributed by atoms with Crippen molar-refractivity contribution in [3.05, 3.63) is 0 Å². The van der Waals surface area contributed by atoms with Gasteiger partial charge in [0.1, 0.15) is 11.4 Å². The van der Waals surface area contributed by atoms with Gasteiger partial charge in [0.15, 0.2) is 11.6 Å². The van der Waals surface area contributed by atoms with Gasteiger partial charge in [0, 0.05) is 29.6 Å². The van der Waals surface area contributed by atoms with Gasteiger partial charge in [-0.15, -0.1) is 0 Å². The van der Waals surface area contributed by atoms with Crippen LogP contribution in [0.1, 0.15) is 108 Å². The van der Waals surface area contributed by atoms with Crippen molar-refractivity contribution in [2.45, 2.75) is 155 Å². The third-order valence-electron chi connectivity index (χ3n) is 11.5. The summed E-state index contributed by atoms with van der Waals surface area (Å²) < 4.78 is 19.0. The smallest absolute Gasteiger partial charge is 0.308 e. The lowest BCUT2D eigenvalue weighted by atomic mass is 9.73. The van der Waals surface area contributed by atoms with Crippen molar-refractivity contribution in [3.8, 4) is 0 Å². The van der Waals surface area contributed by atoms with Gasteiger partial charge >= 0.3 is 5.97 Å². The van der Waals surface area contributed by atoms with Crippen LogP contribution in [0.2, 0.25) is 0 Å². The second kappa shape index (κ2) is 12.9. The van der Waals surface area contributed by atoms with Gasteiger partial charge in [0.05, 0.1) is 36.4 Å². The number of aliphatic hydroxyl groups is 4. The van der Waals surface area contributed by atoms with E-state index < -0.39 is 83.3 Å². The molecule has 15 atom stereocenters. The Morgan fingerprint density at radius 3 is 2.00 bits per heavy atom. The molecule has 0 aromatic carbocycles. The Labute approximate surface area is 257 Å². The Hall–Kier alpha value is -1.14. The molecule has 0 saturated carbocycles. The first kappa shape index (κ1) is 36.3. The zero-order valence-corrected chi connectivity index (χ0v) is 27.9. The number of ether oxygens (including phenoxy) is 3. The lowest BCUT2D eigenvalue weighted by molar-refractivity contribution is -0.331. The first-order valence-electron chi connectivity index (χ1n) is 16.3. The second-order valence-electron chi connectivity index (χ2n) is 14.7. The molecule has 0 aromatic rings. The number of ketones is 1. The monoisotopic (exact) mass is 614 g/mol. The molecule has 250 valence electrons. The van der Waals surface area contributed by atoms with E-state index >= 15 is 0 Å². The van der Waals surface area contributed by atoms with Crippen LogP contribution in [0.5, 0.6) is 0 Å². The number of hydrogen-bond acceptors (Lipinski definition) is 9. The molecule has 3 saturated heterocycles. The van der Waals surface area contributed by atoms with Crippen LogP contribution in [0.25, 0.3) is 0 Å². The van der Waals surface area contributed by atoms with Crippen molar-refractivity contribution < 1.29 is 49.3 Å². The first-order valence-corrected chi connectivity index (χ1v) is 16.3. The number of hydrogen-bond donors (Lipinski definition) is 5. The summed E-state index contributed by atoms with van der Waals surface area (Å²) in [5.74, 6) is -7.57. The third kappa shape index (κ3) is 6.44. The van der Waals surface area contributed by atoms with Crippen LogP contribution in [0.3, 0.4) is 0 Å². The lowest BCUT2D eigenvalue weighted by Gasteiger charge is -2.47. The van der Waals surface area contributed by atoms with E-state index in [2.05, 4.69) is 0 Å². The molecule has 10 nitrogen and oxygen atoms in total. The molecule has 3 heterocycles. The molecular weight excluding hydrogens is 556 g/mol. The molecule has 3 fully saturated rings. The van der Waals surface area contributed by atoms with Gasteiger partial charge in [-0.25, -0.2) is 0 Å². The van der Waals surface area contributed by atoms with Gasteiger partial charge in [-0.1, -0.05) is 55.4 Å². The number of carboxylic acid groups (broad SMARTS) is 1. The van der Waals surface area contributed by atoms with Crippen molar-refractivity contribution in [3.63, 3.8) is 0 Å².